The molecule has 2 saturated carbocycles. The first kappa shape index (κ1) is 7.60. The van der Waals surface area contributed by atoms with Crippen LogP contribution in [0.25, 0.3) is 0 Å². The number of rotatable bonds is 3. The highest BCUT2D eigenvalue weighted by Gasteiger charge is 2.35. The zero-order chi connectivity index (χ0) is 7.68. The summed E-state index contributed by atoms with van der Waals surface area (Å²) < 4.78 is 0. The van der Waals surface area contributed by atoms with Crippen molar-refractivity contribution in [1.82, 2.24) is 0 Å². The number of hydrogen-bond donors (Lipinski definition) is 1. The second kappa shape index (κ2) is 3.14. The third-order valence-corrected chi connectivity index (χ3v) is 3.72. The highest BCUT2D eigenvalue weighted by molar-refractivity contribution is 4.85. The minimum atomic E-state index is 0.454. The van der Waals surface area contributed by atoms with Crippen molar-refractivity contribution in [2.75, 3.05) is 6.61 Å². The third-order valence-electron chi connectivity index (χ3n) is 3.72. The highest BCUT2D eigenvalue weighted by atomic mass is 16.3. The second-order valence-corrected chi connectivity index (χ2v) is 4.23. The molecule has 0 saturated heterocycles. The molecule has 2 aliphatic rings. The van der Waals surface area contributed by atoms with E-state index in [1.807, 2.05) is 0 Å². The molecule has 0 aromatic carbocycles. The summed E-state index contributed by atoms with van der Waals surface area (Å²) >= 11 is 0. The molecule has 0 bridgehead atoms. The summed E-state index contributed by atoms with van der Waals surface area (Å²) in [6, 6.07) is 0. The standard InChI is InChI=1S/C10H18O/c11-7-10(8-3-1-4-8)9-5-2-6-9/h8-11H,1-7H2. The SMILES string of the molecule is OCC(C1CCC1)C1CCC1. The van der Waals surface area contributed by atoms with Crippen molar-refractivity contribution in [2.24, 2.45) is 17.8 Å². The summed E-state index contributed by atoms with van der Waals surface area (Å²) in [5.74, 6) is 2.47. The summed E-state index contributed by atoms with van der Waals surface area (Å²) in [7, 11) is 0. The highest BCUT2D eigenvalue weighted by Crippen LogP contribution is 2.43. The number of aliphatic hydroxyl groups excluding tert-OH is 1. The lowest BCUT2D eigenvalue weighted by Crippen LogP contribution is -2.34. The number of aliphatic hydroxyl groups is 1. The van der Waals surface area contributed by atoms with Gasteiger partial charge < -0.3 is 5.11 Å². The molecule has 0 radical (unpaired) electrons. The Balaban J connectivity index is 1.83. The van der Waals surface area contributed by atoms with E-state index in [-0.39, 0.29) is 0 Å². The fraction of sp³-hybridized carbons (Fsp3) is 1.00. The Labute approximate surface area is 68.8 Å². The second-order valence-electron chi connectivity index (χ2n) is 4.23. The molecule has 2 aliphatic carbocycles. The summed E-state index contributed by atoms with van der Waals surface area (Å²) in [4.78, 5) is 0. The predicted octanol–water partition coefficient (Wildman–Crippen LogP) is 2.20. The van der Waals surface area contributed by atoms with Crippen LogP contribution in [-0.4, -0.2) is 11.7 Å². The molecule has 11 heavy (non-hydrogen) atoms. The molecule has 0 aromatic heterocycles. The normalized spacial score (nSPS) is 26.7. The average molecular weight is 154 g/mol. The van der Waals surface area contributed by atoms with Crippen LogP contribution in [0.3, 0.4) is 0 Å². The van der Waals surface area contributed by atoms with Crippen molar-refractivity contribution in [2.45, 2.75) is 38.5 Å². The predicted molar refractivity (Wildman–Crippen MR) is 45.3 cm³/mol. The van der Waals surface area contributed by atoms with Crippen molar-refractivity contribution >= 4 is 0 Å². The van der Waals surface area contributed by atoms with Crippen LogP contribution < -0.4 is 0 Å². The molecular formula is C10H18O. The maximum atomic E-state index is 9.20. The molecular weight excluding hydrogens is 136 g/mol. The largest absolute Gasteiger partial charge is 0.396 e. The van der Waals surface area contributed by atoms with Crippen LogP contribution in [0.15, 0.2) is 0 Å². The van der Waals surface area contributed by atoms with Crippen molar-refractivity contribution in [1.29, 1.82) is 0 Å². The molecule has 0 heterocycles. The van der Waals surface area contributed by atoms with Crippen molar-refractivity contribution < 1.29 is 5.11 Å². The monoisotopic (exact) mass is 154 g/mol. The average Bonchev–Trinajstić information content (AvgIpc) is 1.78. The smallest absolute Gasteiger partial charge is 0.0464 e. The van der Waals surface area contributed by atoms with E-state index in [0.717, 1.165) is 11.8 Å². The van der Waals surface area contributed by atoms with Crippen LogP contribution in [0.4, 0.5) is 0 Å². The van der Waals surface area contributed by atoms with E-state index in [1.165, 1.54) is 38.5 Å². The molecule has 1 nitrogen and oxygen atoms in total. The van der Waals surface area contributed by atoms with Gasteiger partial charge in [-0.15, -0.1) is 0 Å². The topological polar surface area (TPSA) is 20.2 Å². The van der Waals surface area contributed by atoms with Crippen LogP contribution in [0.2, 0.25) is 0 Å². The third kappa shape index (κ3) is 1.31. The van der Waals surface area contributed by atoms with E-state index in [1.54, 1.807) is 0 Å². The maximum Gasteiger partial charge on any atom is 0.0464 e. The lowest BCUT2D eigenvalue weighted by molar-refractivity contribution is 0.0422. The van der Waals surface area contributed by atoms with Gasteiger partial charge in [-0.1, -0.05) is 38.5 Å². The summed E-state index contributed by atoms with van der Waals surface area (Å²) in [5, 5.41) is 9.20. The first-order valence-corrected chi connectivity index (χ1v) is 5.02. The summed E-state index contributed by atoms with van der Waals surface area (Å²) in [6.07, 6.45) is 8.38. The lowest BCUT2D eigenvalue weighted by Gasteiger charge is -2.41. The fourth-order valence-corrected chi connectivity index (χ4v) is 2.42. The van der Waals surface area contributed by atoms with E-state index in [9.17, 15) is 5.11 Å². The minimum Gasteiger partial charge on any atom is -0.396 e. The molecule has 0 atom stereocenters. The molecule has 0 aliphatic heterocycles. The lowest BCUT2D eigenvalue weighted by atomic mass is 9.65. The molecule has 0 aromatic rings. The van der Waals surface area contributed by atoms with E-state index in [2.05, 4.69) is 0 Å². The quantitative estimate of drug-likeness (QED) is 0.660. The Bertz CT molecular complexity index is 111. The molecule has 0 unspecified atom stereocenters. The molecule has 1 heteroatoms. The van der Waals surface area contributed by atoms with Gasteiger partial charge in [0.15, 0.2) is 0 Å². The van der Waals surface area contributed by atoms with E-state index in [0.29, 0.717) is 12.5 Å². The van der Waals surface area contributed by atoms with Crippen LogP contribution in [0.5, 0.6) is 0 Å². The van der Waals surface area contributed by atoms with Gasteiger partial charge in [0.05, 0.1) is 0 Å². The first-order valence-electron chi connectivity index (χ1n) is 5.02. The Hall–Kier alpha value is -0.0400. The van der Waals surface area contributed by atoms with Gasteiger partial charge in [-0.05, 0) is 17.8 Å². The molecule has 2 rings (SSSR count). The van der Waals surface area contributed by atoms with Gasteiger partial charge in [0, 0.05) is 6.61 Å². The van der Waals surface area contributed by atoms with Gasteiger partial charge in [0.2, 0.25) is 0 Å². The van der Waals surface area contributed by atoms with Crippen LogP contribution in [-0.2, 0) is 0 Å². The summed E-state index contributed by atoms with van der Waals surface area (Å²) in [5.41, 5.74) is 0. The van der Waals surface area contributed by atoms with Gasteiger partial charge in [-0.3, -0.25) is 0 Å². The van der Waals surface area contributed by atoms with Crippen LogP contribution >= 0.6 is 0 Å². The van der Waals surface area contributed by atoms with E-state index >= 15 is 0 Å². The van der Waals surface area contributed by atoms with Crippen LogP contribution in [0, 0.1) is 17.8 Å². The van der Waals surface area contributed by atoms with Crippen molar-refractivity contribution in [3.05, 3.63) is 0 Å². The summed E-state index contributed by atoms with van der Waals surface area (Å²) in [6.45, 7) is 0.454. The van der Waals surface area contributed by atoms with Crippen molar-refractivity contribution in [3.63, 3.8) is 0 Å². The van der Waals surface area contributed by atoms with Crippen molar-refractivity contribution in [3.8, 4) is 0 Å². The Morgan fingerprint density at radius 2 is 1.45 bits per heavy atom. The Morgan fingerprint density at radius 1 is 1.00 bits per heavy atom. The molecule has 64 valence electrons. The zero-order valence-corrected chi connectivity index (χ0v) is 7.13. The maximum absolute atomic E-state index is 9.20. The van der Waals surface area contributed by atoms with E-state index < -0.39 is 0 Å². The first-order chi connectivity index (χ1) is 5.42. The van der Waals surface area contributed by atoms with Crippen LogP contribution in [0.1, 0.15) is 38.5 Å². The van der Waals surface area contributed by atoms with Gasteiger partial charge in [0.25, 0.3) is 0 Å². The van der Waals surface area contributed by atoms with E-state index in [4.69, 9.17) is 0 Å². The molecule has 1 N–H and O–H groups in total. The van der Waals surface area contributed by atoms with Gasteiger partial charge in [-0.25, -0.2) is 0 Å². The zero-order valence-electron chi connectivity index (χ0n) is 7.13. The molecule has 0 amide bonds. The van der Waals surface area contributed by atoms with Gasteiger partial charge in [0.1, 0.15) is 0 Å². The Kier molecular flexibility index (Phi) is 2.17. The number of hydrogen-bond acceptors (Lipinski definition) is 1. The molecule has 2 fully saturated rings. The Morgan fingerprint density at radius 3 is 1.64 bits per heavy atom. The van der Waals surface area contributed by atoms with Gasteiger partial charge in [-0.2, -0.15) is 0 Å². The fourth-order valence-electron chi connectivity index (χ4n) is 2.42. The molecule has 0 spiro atoms. The minimum absolute atomic E-state index is 0.454. The van der Waals surface area contributed by atoms with Gasteiger partial charge >= 0.3 is 0 Å².